The zero-order valence-electron chi connectivity index (χ0n) is 11.9. The Morgan fingerprint density at radius 3 is 2.33 bits per heavy atom. The number of ether oxygens (including phenoxy) is 2. The van der Waals surface area contributed by atoms with E-state index in [2.05, 4.69) is 0 Å². The second kappa shape index (κ2) is 6.58. The minimum Gasteiger partial charge on any atom is -0.482 e. The average molecular weight is 281 g/mol. The van der Waals surface area contributed by atoms with Crippen LogP contribution in [-0.2, 0) is 4.79 Å². The maximum absolute atomic E-state index is 11.7. The van der Waals surface area contributed by atoms with Crippen LogP contribution in [0.2, 0.25) is 0 Å². The minimum atomic E-state index is -0.488. The van der Waals surface area contributed by atoms with Crippen LogP contribution in [0, 0.1) is 25.2 Å². The molecule has 0 aliphatic rings. The van der Waals surface area contributed by atoms with Crippen LogP contribution in [0.3, 0.4) is 0 Å². The van der Waals surface area contributed by atoms with Crippen molar-refractivity contribution in [3.8, 4) is 17.6 Å². The second-order valence-electron chi connectivity index (χ2n) is 4.64. The van der Waals surface area contributed by atoms with Gasteiger partial charge in [-0.3, -0.25) is 0 Å². The summed E-state index contributed by atoms with van der Waals surface area (Å²) in [6.45, 7) is 3.83. The molecule has 0 bridgehead atoms. The molecule has 0 radical (unpaired) electrons. The monoisotopic (exact) mass is 281 g/mol. The lowest BCUT2D eigenvalue weighted by Crippen LogP contribution is -2.17. The van der Waals surface area contributed by atoms with Crippen LogP contribution in [0.5, 0.6) is 11.5 Å². The predicted octanol–water partition coefficient (Wildman–Crippen LogP) is 3.16. The van der Waals surface area contributed by atoms with Crippen molar-refractivity contribution >= 4 is 5.97 Å². The molecule has 4 nitrogen and oxygen atoms in total. The van der Waals surface area contributed by atoms with E-state index in [-0.39, 0.29) is 6.61 Å². The van der Waals surface area contributed by atoms with Gasteiger partial charge < -0.3 is 9.47 Å². The molecule has 21 heavy (non-hydrogen) atoms. The Morgan fingerprint density at radius 2 is 1.71 bits per heavy atom. The van der Waals surface area contributed by atoms with Gasteiger partial charge in [0.25, 0.3) is 0 Å². The molecule has 0 fully saturated rings. The van der Waals surface area contributed by atoms with Gasteiger partial charge in [0, 0.05) is 0 Å². The van der Waals surface area contributed by atoms with E-state index in [0.717, 1.165) is 5.56 Å². The first-order valence-corrected chi connectivity index (χ1v) is 6.49. The molecular weight excluding hydrogens is 266 g/mol. The van der Waals surface area contributed by atoms with Crippen molar-refractivity contribution in [1.29, 1.82) is 5.26 Å². The molecule has 0 aliphatic heterocycles. The molecule has 0 N–H and O–H groups in total. The van der Waals surface area contributed by atoms with E-state index in [9.17, 15) is 4.79 Å². The van der Waals surface area contributed by atoms with Gasteiger partial charge in [-0.25, -0.2) is 4.79 Å². The van der Waals surface area contributed by atoms with Crippen LogP contribution in [0.25, 0.3) is 0 Å². The lowest BCUT2D eigenvalue weighted by molar-refractivity contribution is -0.136. The normalized spacial score (nSPS) is 9.76. The Hall–Kier alpha value is -2.80. The highest BCUT2D eigenvalue weighted by molar-refractivity contribution is 5.74. The van der Waals surface area contributed by atoms with Gasteiger partial charge in [0.1, 0.15) is 11.5 Å². The van der Waals surface area contributed by atoms with E-state index in [0.29, 0.717) is 17.1 Å². The standard InChI is InChI=1S/C17H15NO3/c1-12-3-6-16(9-13(12)2)20-11-17(19)21-15-7-4-14(10-18)5-8-15/h3-9H,11H2,1-2H3. The fourth-order valence-corrected chi connectivity index (χ4v) is 1.70. The second-order valence-corrected chi connectivity index (χ2v) is 4.64. The van der Waals surface area contributed by atoms with Crippen LogP contribution >= 0.6 is 0 Å². The number of hydrogen-bond donors (Lipinski definition) is 0. The van der Waals surface area contributed by atoms with E-state index < -0.39 is 5.97 Å². The van der Waals surface area contributed by atoms with Crippen LogP contribution in [0.4, 0.5) is 0 Å². The van der Waals surface area contributed by atoms with Crippen LogP contribution in [0.15, 0.2) is 42.5 Å². The molecular formula is C17H15NO3. The van der Waals surface area contributed by atoms with Crippen LogP contribution in [0.1, 0.15) is 16.7 Å². The number of hydrogen-bond acceptors (Lipinski definition) is 4. The molecule has 106 valence electrons. The van der Waals surface area contributed by atoms with Gasteiger partial charge >= 0.3 is 5.97 Å². The number of carbonyl (C=O) groups is 1. The average Bonchev–Trinajstić information content (AvgIpc) is 2.49. The zero-order valence-corrected chi connectivity index (χ0v) is 11.9. The Balaban J connectivity index is 1.89. The Labute approximate surface area is 123 Å². The fourth-order valence-electron chi connectivity index (χ4n) is 1.70. The molecule has 0 saturated carbocycles. The van der Waals surface area contributed by atoms with Gasteiger partial charge in [-0.05, 0) is 61.4 Å². The summed E-state index contributed by atoms with van der Waals surface area (Å²) in [5, 5.41) is 8.68. The third kappa shape index (κ3) is 4.08. The molecule has 2 aromatic carbocycles. The third-order valence-electron chi connectivity index (χ3n) is 3.05. The fraction of sp³-hybridized carbons (Fsp3) is 0.176. The molecule has 0 saturated heterocycles. The number of rotatable bonds is 4. The molecule has 0 aromatic heterocycles. The van der Waals surface area contributed by atoms with Crippen LogP contribution < -0.4 is 9.47 Å². The van der Waals surface area contributed by atoms with E-state index in [1.807, 2.05) is 38.1 Å². The number of benzene rings is 2. The highest BCUT2D eigenvalue weighted by atomic mass is 16.6. The highest BCUT2D eigenvalue weighted by Gasteiger charge is 2.07. The van der Waals surface area contributed by atoms with Crippen LogP contribution in [-0.4, -0.2) is 12.6 Å². The molecule has 2 rings (SSSR count). The van der Waals surface area contributed by atoms with E-state index >= 15 is 0 Å². The lowest BCUT2D eigenvalue weighted by Gasteiger charge is -2.08. The largest absolute Gasteiger partial charge is 0.482 e. The first kappa shape index (κ1) is 14.6. The summed E-state index contributed by atoms with van der Waals surface area (Å²) in [6.07, 6.45) is 0. The first-order valence-electron chi connectivity index (χ1n) is 6.49. The van der Waals surface area contributed by atoms with Crippen molar-refractivity contribution < 1.29 is 14.3 Å². The number of aryl methyl sites for hydroxylation is 2. The molecule has 0 unspecified atom stereocenters. The van der Waals surface area contributed by atoms with Crippen molar-refractivity contribution in [1.82, 2.24) is 0 Å². The molecule has 2 aromatic rings. The predicted molar refractivity (Wildman–Crippen MR) is 78.2 cm³/mol. The zero-order chi connectivity index (χ0) is 15.2. The highest BCUT2D eigenvalue weighted by Crippen LogP contribution is 2.17. The van der Waals surface area contributed by atoms with Crippen molar-refractivity contribution in [3.63, 3.8) is 0 Å². The van der Waals surface area contributed by atoms with Crippen molar-refractivity contribution in [2.75, 3.05) is 6.61 Å². The summed E-state index contributed by atoms with van der Waals surface area (Å²) in [7, 11) is 0. The van der Waals surface area contributed by atoms with Crippen molar-refractivity contribution in [3.05, 3.63) is 59.2 Å². The topological polar surface area (TPSA) is 59.3 Å². The molecule has 0 atom stereocenters. The number of nitriles is 1. The summed E-state index contributed by atoms with van der Waals surface area (Å²) < 4.78 is 10.5. The summed E-state index contributed by atoms with van der Waals surface area (Å²) in [5.74, 6) is 0.538. The maximum Gasteiger partial charge on any atom is 0.349 e. The van der Waals surface area contributed by atoms with Gasteiger partial charge in [0.05, 0.1) is 11.6 Å². The SMILES string of the molecule is Cc1ccc(OCC(=O)Oc2ccc(C#N)cc2)cc1C. The number of esters is 1. The molecule has 0 amide bonds. The quantitative estimate of drug-likeness (QED) is 0.638. The molecule has 0 aliphatic carbocycles. The Morgan fingerprint density at radius 1 is 1.05 bits per heavy atom. The molecule has 0 spiro atoms. The summed E-state index contributed by atoms with van der Waals surface area (Å²) in [5.41, 5.74) is 2.79. The van der Waals surface area contributed by atoms with E-state index in [1.165, 1.54) is 5.56 Å². The minimum absolute atomic E-state index is 0.164. The molecule has 4 heteroatoms. The van der Waals surface area contributed by atoms with E-state index in [4.69, 9.17) is 14.7 Å². The van der Waals surface area contributed by atoms with Gasteiger partial charge in [-0.2, -0.15) is 5.26 Å². The maximum atomic E-state index is 11.7. The number of carbonyl (C=O) groups excluding carboxylic acids is 1. The van der Waals surface area contributed by atoms with Gasteiger partial charge in [-0.15, -0.1) is 0 Å². The Kier molecular flexibility index (Phi) is 4.57. The van der Waals surface area contributed by atoms with Gasteiger partial charge in [0.2, 0.25) is 0 Å². The number of nitrogens with zero attached hydrogens (tertiary/aromatic N) is 1. The summed E-state index contributed by atoms with van der Waals surface area (Å²) in [4.78, 5) is 11.7. The van der Waals surface area contributed by atoms with Gasteiger partial charge in [0.15, 0.2) is 6.61 Å². The third-order valence-corrected chi connectivity index (χ3v) is 3.05. The van der Waals surface area contributed by atoms with E-state index in [1.54, 1.807) is 24.3 Å². The van der Waals surface area contributed by atoms with Crippen molar-refractivity contribution in [2.45, 2.75) is 13.8 Å². The first-order chi connectivity index (χ1) is 10.1. The molecule has 0 heterocycles. The summed E-state index contributed by atoms with van der Waals surface area (Å²) >= 11 is 0. The van der Waals surface area contributed by atoms with Crippen molar-refractivity contribution in [2.24, 2.45) is 0 Å². The summed E-state index contributed by atoms with van der Waals surface area (Å²) in [6, 6.07) is 14.0. The van der Waals surface area contributed by atoms with Gasteiger partial charge in [-0.1, -0.05) is 6.07 Å². The lowest BCUT2D eigenvalue weighted by atomic mass is 10.1. The smallest absolute Gasteiger partial charge is 0.349 e. The Bertz CT molecular complexity index is 684.